The summed E-state index contributed by atoms with van der Waals surface area (Å²) in [7, 11) is 0. The van der Waals surface area contributed by atoms with Crippen LogP contribution in [-0.4, -0.2) is 0 Å². The van der Waals surface area contributed by atoms with Crippen LogP contribution in [0, 0.1) is 18.6 Å². The summed E-state index contributed by atoms with van der Waals surface area (Å²) < 4.78 is 25.8. The van der Waals surface area contributed by atoms with Gasteiger partial charge in [-0.3, -0.25) is 0 Å². The highest BCUT2D eigenvalue weighted by Gasteiger charge is 2.05. The number of nitrogens with two attached hydrogens (primary N) is 1. The molecule has 3 N–H and O–H groups in total. The Morgan fingerprint density at radius 3 is 2.53 bits per heavy atom. The van der Waals surface area contributed by atoms with E-state index in [1.165, 1.54) is 6.07 Å². The molecule has 0 saturated carbocycles. The highest BCUT2D eigenvalue weighted by Crippen LogP contribution is 2.26. The molecule has 0 aromatic heterocycles. The van der Waals surface area contributed by atoms with Crippen molar-refractivity contribution in [2.45, 2.75) is 6.92 Å². The van der Waals surface area contributed by atoms with Crippen LogP contribution in [0.1, 0.15) is 5.56 Å². The summed E-state index contributed by atoms with van der Waals surface area (Å²) in [5, 5.41) is 2.95. The van der Waals surface area contributed by atoms with Crippen LogP contribution in [0.5, 0.6) is 0 Å². The lowest BCUT2D eigenvalue weighted by molar-refractivity contribution is 0.509. The number of hydrogen-bond donors (Lipinski definition) is 2. The van der Waals surface area contributed by atoms with Crippen LogP contribution < -0.4 is 11.1 Å². The Morgan fingerprint density at radius 2 is 1.82 bits per heavy atom. The van der Waals surface area contributed by atoms with Gasteiger partial charge in [0.1, 0.15) is 0 Å². The summed E-state index contributed by atoms with van der Waals surface area (Å²) >= 11 is 0. The quantitative estimate of drug-likeness (QED) is 0.779. The largest absolute Gasteiger partial charge is 0.397 e. The van der Waals surface area contributed by atoms with Crippen LogP contribution in [-0.2, 0) is 0 Å². The van der Waals surface area contributed by atoms with Gasteiger partial charge >= 0.3 is 0 Å². The Bertz CT molecular complexity index is 553. The summed E-state index contributed by atoms with van der Waals surface area (Å²) in [5.74, 6) is -1.76. The van der Waals surface area contributed by atoms with Gasteiger partial charge in [0.15, 0.2) is 11.6 Å². The molecule has 0 saturated heterocycles. The molecule has 0 radical (unpaired) electrons. The average molecular weight is 234 g/mol. The highest BCUT2D eigenvalue weighted by molar-refractivity contribution is 5.74. The van der Waals surface area contributed by atoms with Gasteiger partial charge in [-0.1, -0.05) is 12.1 Å². The van der Waals surface area contributed by atoms with E-state index in [0.717, 1.165) is 17.7 Å². The molecule has 0 bridgehead atoms. The van der Waals surface area contributed by atoms with Crippen molar-refractivity contribution in [1.29, 1.82) is 0 Å². The summed E-state index contributed by atoms with van der Waals surface area (Å²) in [6.45, 7) is 1.88. The summed E-state index contributed by atoms with van der Waals surface area (Å²) in [6, 6.07) is 9.13. The molecular formula is C13H12F2N2. The maximum absolute atomic E-state index is 13.0. The maximum atomic E-state index is 13.0. The second-order valence-corrected chi connectivity index (χ2v) is 3.79. The van der Waals surface area contributed by atoms with Crippen LogP contribution in [0.15, 0.2) is 36.4 Å². The fourth-order valence-corrected chi connectivity index (χ4v) is 1.52. The number of benzene rings is 2. The average Bonchev–Trinajstić information content (AvgIpc) is 2.30. The molecule has 2 aromatic rings. The zero-order chi connectivity index (χ0) is 12.4. The van der Waals surface area contributed by atoms with E-state index in [4.69, 9.17) is 5.73 Å². The Balaban J connectivity index is 2.31. The predicted octanol–water partition coefficient (Wildman–Crippen LogP) is 3.60. The van der Waals surface area contributed by atoms with Crippen molar-refractivity contribution in [3.8, 4) is 0 Å². The van der Waals surface area contributed by atoms with Crippen LogP contribution in [0.2, 0.25) is 0 Å². The van der Waals surface area contributed by atoms with Crippen LogP contribution in [0.3, 0.4) is 0 Å². The van der Waals surface area contributed by atoms with E-state index >= 15 is 0 Å². The smallest absolute Gasteiger partial charge is 0.160 e. The summed E-state index contributed by atoms with van der Waals surface area (Å²) in [6.07, 6.45) is 0. The Labute approximate surface area is 98.1 Å². The Hall–Kier alpha value is -2.10. The number of nitrogen functional groups attached to an aromatic ring is 1. The first kappa shape index (κ1) is 11.4. The van der Waals surface area contributed by atoms with E-state index in [1.807, 2.05) is 19.1 Å². The molecule has 4 heteroatoms. The van der Waals surface area contributed by atoms with Gasteiger partial charge in [-0.2, -0.15) is 0 Å². The predicted molar refractivity (Wildman–Crippen MR) is 65.2 cm³/mol. The molecule has 0 fully saturated rings. The van der Waals surface area contributed by atoms with Gasteiger partial charge in [0.05, 0.1) is 11.4 Å². The van der Waals surface area contributed by atoms with E-state index in [9.17, 15) is 8.78 Å². The third kappa shape index (κ3) is 2.36. The topological polar surface area (TPSA) is 38.0 Å². The molecule has 0 aliphatic heterocycles. The molecule has 2 aromatic carbocycles. The van der Waals surface area contributed by atoms with E-state index in [2.05, 4.69) is 5.32 Å². The first-order valence-corrected chi connectivity index (χ1v) is 5.15. The Morgan fingerprint density at radius 1 is 1.06 bits per heavy atom. The molecule has 17 heavy (non-hydrogen) atoms. The first-order valence-electron chi connectivity index (χ1n) is 5.15. The second kappa shape index (κ2) is 4.41. The molecule has 0 amide bonds. The second-order valence-electron chi connectivity index (χ2n) is 3.79. The highest BCUT2D eigenvalue weighted by atomic mass is 19.2. The van der Waals surface area contributed by atoms with Gasteiger partial charge in [-0.05, 0) is 30.7 Å². The van der Waals surface area contributed by atoms with Crippen LogP contribution in [0.25, 0.3) is 0 Å². The molecule has 0 aliphatic rings. The normalized spacial score (nSPS) is 10.3. The lowest BCUT2D eigenvalue weighted by Gasteiger charge is -2.11. The molecule has 0 aliphatic carbocycles. The third-order valence-corrected chi connectivity index (χ3v) is 2.52. The van der Waals surface area contributed by atoms with Gasteiger partial charge in [-0.25, -0.2) is 8.78 Å². The van der Waals surface area contributed by atoms with Crippen molar-refractivity contribution < 1.29 is 8.78 Å². The number of anilines is 3. The van der Waals surface area contributed by atoms with Gasteiger partial charge in [0.25, 0.3) is 0 Å². The molecule has 88 valence electrons. The number of halogens is 2. The minimum Gasteiger partial charge on any atom is -0.397 e. The molecule has 0 atom stereocenters. The van der Waals surface area contributed by atoms with Crippen LogP contribution in [0.4, 0.5) is 25.8 Å². The lowest BCUT2D eigenvalue weighted by Crippen LogP contribution is -1.98. The van der Waals surface area contributed by atoms with E-state index in [1.54, 1.807) is 6.07 Å². The van der Waals surface area contributed by atoms with Gasteiger partial charge < -0.3 is 11.1 Å². The summed E-state index contributed by atoms with van der Waals surface area (Å²) in [5.41, 5.74) is 8.53. The number of hydrogen-bond acceptors (Lipinski definition) is 2. The van der Waals surface area contributed by atoms with Crippen LogP contribution >= 0.6 is 0 Å². The number of aryl methyl sites for hydroxylation is 1. The van der Waals surface area contributed by atoms with E-state index < -0.39 is 11.6 Å². The van der Waals surface area contributed by atoms with Crippen molar-refractivity contribution in [3.63, 3.8) is 0 Å². The molecule has 0 heterocycles. The number of para-hydroxylation sites is 1. The molecule has 0 unspecified atom stereocenters. The minimum atomic E-state index is -0.888. The van der Waals surface area contributed by atoms with E-state index in [0.29, 0.717) is 17.1 Å². The number of nitrogens with one attached hydrogen (secondary N) is 1. The molecule has 2 nitrogen and oxygen atoms in total. The molecule has 0 spiro atoms. The fraction of sp³-hybridized carbons (Fsp3) is 0.0769. The standard InChI is InChI=1S/C13H12F2N2/c1-8-3-2-4-12(13(8)16)17-9-5-6-10(14)11(15)7-9/h2-7,17H,16H2,1H3. The molecule has 2 rings (SSSR count). The van der Waals surface area contributed by atoms with Gasteiger partial charge in [-0.15, -0.1) is 0 Å². The molecular weight excluding hydrogens is 222 g/mol. The monoisotopic (exact) mass is 234 g/mol. The fourth-order valence-electron chi connectivity index (χ4n) is 1.52. The minimum absolute atomic E-state index is 0.459. The van der Waals surface area contributed by atoms with Crippen molar-refractivity contribution in [2.24, 2.45) is 0 Å². The first-order chi connectivity index (χ1) is 8.08. The van der Waals surface area contributed by atoms with Crippen molar-refractivity contribution in [3.05, 3.63) is 53.6 Å². The van der Waals surface area contributed by atoms with Crippen molar-refractivity contribution in [1.82, 2.24) is 0 Å². The van der Waals surface area contributed by atoms with Crippen molar-refractivity contribution in [2.75, 3.05) is 11.1 Å². The van der Waals surface area contributed by atoms with E-state index in [-0.39, 0.29) is 0 Å². The third-order valence-electron chi connectivity index (χ3n) is 2.52. The summed E-state index contributed by atoms with van der Waals surface area (Å²) in [4.78, 5) is 0. The maximum Gasteiger partial charge on any atom is 0.160 e. The Kier molecular flexibility index (Phi) is 2.95. The van der Waals surface area contributed by atoms with Crippen molar-refractivity contribution >= 4 is 17.1 Å². The van der Waals surface area contributed by atoms with Gasteiger partial charge in [0.2, 0.25) is 0 Å². The SMILES string of the molecule is Cc1cccc(Nc2ccc(F)c(F)c2)c1N. The number of rotatable bonds is 2. The lowest BCUT2D eigenvalue weighted by atomic mass is 10.1. The zero-order valence-electron chi connectivity index (χ0n) is 9.30. The zero-order valence-corrected chi connectivity index (χ0v) is 9.30. The van der Waals surface area contributed by atoms with Gasteiger partial charge in [0, 0.05) is 11.8 Å².